The molecule has 0 amide bonds. The minimum absolute atomic E-state index is 0.154. The first kappa shape index (κ1) is 22.1. The molecule has 0 aliphatic carbocycles. The Morgan fingerprint density at radius 1 is 0.967 bits per heavy atom. The zero-order valence-electron chi connectivity index (χ0n) is 15.9. The van der Waals surface area contributed by atoms with E-state index in [2.05, 4.69) is 5.32 Å². The molecule has 0 unspecified atom stereocenters. The molecule has 0 aliphatic heterocycles. The van der Waals surface area contributed by atoms with E-state index in [9.17, 15) is 4.79 Å². The van der Waals surface area contributed by atoms with Crippen molar-refractivity contribution in [3.05, 3.63) is 86.4 Å². The van der Waals surface area contributed by atoms with Gasteiger partial charge in [-0.05, 0) is 48.0 Å². The van der Waals surface area contributed by atoms with E-state index in [0.717, 1.165) is 5.56 Å². The summed E-state index contributed by atoms with van der Waals surface area (Å²) in [6.07, 6.45) is 0. The van der Waals surface area contributed by atoms with Crippen molar-refractivity contribution in [3.63, 3.8) is 0 Å². The van der Waals surface area contributed by atoms with E-state index in [-0.39, 0.29) is 12.2 Å². The molecule has 0 fully saturated rings. The van der Waals surface area contributed by atoms with E-state index in [1.54, 1.807) is 37.4 Å². The van der Waals surface area contributed by atoms with Crippen LogP contribution in [0.3, 0.4) is 0 Å². The van der Waals surface area contributed by atoms with Crippen molar-refractivity contribution in [3.8, 4) is 11.5 Å². The van der Waals surface area contributed by atoms with Crippen LogP contribution in [0.1, 0.15) is 21.5 Å². The van der Waals surface area contributed by atoms with Gasteiger partial charge in [0.1, 0.15) is 6.61 Å². The molecule has 2 N–H and O–H groups in total. The molecule has 8 heteroatoms. The fraction of sp³-hybridized carbons (Fsp3) is 0.136. The molecule has 30 heavy (non-hydrogen) atoms. The highest BCUT2D eigenvalue weighted by molar-refractivity contribution is 6.36. The van der Waals surface area contributed by atoms with E-state index in [0.29, 0.717) is 44.4 Å². The zero-order valence-corrected chi connectivity index (χ0v) is 18.2. The maximum atomic E-state index is 11.1. The molecular formula is C22H18Cl3NO4. The van der Waals surface area contributed by atoms with Crippen molar-refractivity contribution >= 4 is 46.5 Å². The summed E-state index contributed by atoms with van der Waals surface area (Å²) >= 11 is 18.5. The molecular weight excluding hydrogens is 449 g/mol. The Balaban J connectivity index is 1.71. The normalized spacial score (nSPS) is 10.5. The Hall–Kier alpha value is -2.60. The standard InChI is InChI=1S/C22H18Cl3NO4/c1-29-21-9-13(11-26-19-10-14(22(27)28)6-7-18(19)25)5-8-20(21)30-12-15-16(23)3-2-4-17(15)24/h2-10,26H,11-12H2,1H3,(H,27,28). The number of carbonyl (C=O) groups is 1. The number of methoxy groups -OCH3 is 1. The van der Waals surface area contributed by atoms with E-state index < -0.39 is 5.97 Å². The fourth-order valence-corrected chi connectivity index (χ4v) is 3.44. The highest BCUT2D eigenvalue weighted by Crippen LogP contribution is 2.32. The zero-order chi connectivity index (χ0) is 21.7. The quantitative estimate of drug-likeness (QED) is 0.394. The number of halogens is 3. The summed E-state index contributed by atoms with van der Waals surface area (Å²) in [5, 5.41) is 13.8. The average Bonchev–Trinajstić information content (AvgIpc) is 2.73. The van der Waals surface area contributed by atoms with Gasteiger partial charge in [0.15, 0.2) is 11.5 Å². The Bertz CT molecular complexity index is 1050. The number of carboxylic acids is 1. The van der Waals surface area contributed by atoms with Crippen LogP contribution in [0.5, 0.6) is 11.5 Å². The summed E-state index contributed by atoms with van der Waals surface area (Å²) in [6.45, 7) is 0.611. The van der Waals surface area contributed by atoms with Crippen LogP contribution in [-0.2, 0) is 13.2 Å². The van der Waals surface area contributed by atoms with Crippen LogP contribution in [0.4, 0.5) is 5.69 Å². The molecule has 5 nitrogen and oxygen atoms in total. The minimum Gasteiger partial charge on any atom is -0.493 e. The Labute approximate surface area is 189 Å². The summed E-state index contributed by atoms with van der Waals surface area (Å²) in [6, 6.07) is 15.3. The van der Waals surface area contributed by atoms with Gasteiger partial charge in [0.2, 0.25) is 0 Å². The third kappa shape index (κ3) is 5.30. The van der Waals surface area contributed by atoms with E-state index in [1.165, 1.54) is 12.1 Å². The number of nitrogens with one attached hydrogen (secondary N) is 1. The SMILES string of the molecule is COc1cc(CNc2cc(C(=O)O)ccc2Cl)ccc1OCc1c(Cl)cccc1Cl. The molecule has 0 saturated carbocycles. The number of hydrogen-bond acceptors (Lipinski definition) is 4. The monoisotopic (exact) mass is 465 g/mol. The van der Waals surface area contributed by atoms with Crippen LogP contribution < -0.4 is 14.8 Å². The highest BCUT2D eigenvalue weighted by atomic mass is 35.5. The van der Waals surface area contributed by atoms with Gasteiger partial charge in [-0.25, -0.2) is 4.79 Å². The number of anilines is 1. The summed E-state index contributed by atoms with van der Waals surface area (Å²) in [5.41, 5.74) is 2.28. The van der Waals surface area contributed by atoms with Gasteiger partial charge >= 0.3 is 5.97 Å². The number of hydrogen-bond donors (Lipinski definition) is 2. The number of ether oxygens (including phenoxy) is 2. The molecule has 0 spiro atoms. The Morgan fingerprint density at radius 3 is 2.37 bits per heavy atom. The predicted octanol–water partition coefficient (Wildman–Crippen LogP) is 6.54. The molecule has 3 aromatic rings. The smallest absolute Gasteiger partial charge is 0.335 e. The second-order valence-corrected chi connectivity index (χ2v) is 7.55. The number of aromatic carboxylic acids is 1. The van der Waals surface area contributed by atoms with Gasteiger partial charge in [-0.2, -0.15) is 0 Å². The van der Waals surface area contributed by atoms with Crippen LogP contribution in [0.15, 0.2) is 54.6 Å². The lowest BCUT2D eigenvalue weighted by Crippen LogP contribution is -2.04. The lowest BCUT2D eigenvalue weighted by Gasteiger charge is -2.14. The summed E-state index contributed by atoms with van der Waals surface area (Å²) < 4.78 is 11.3. The molecule has 0 atom stereocenters. The largest absolute Gasteiger partial charge is 0.493 e. The van der Waals surface area contributed by atoms with E-state index in [1.807, 2.05) is 12.1 Å². The molecule has 0 radical (unpaired) electrons. The minimum atomic E-state index is -1.02. The van der Waals surface area contributed by atoms with Crippen LogP contribution >= 0.6 is 34.8 Å². The van der Waals surface area contributed by atoms with Crippen molar-refractivity contribution in [2.24, 2.45) is 0 Å². The van der Waals surface area contributed by atoms with Crippen LogP contribution in [-0.4, -0.2) is 18.2 Å². The summed E-state index contributed by atoms with van der Waals surface area (Å²) in [5.74, 6) is 0.0718. The van der Waals surface area contributed by atoms with Crippen molar-refractivity contribution in [1.29, 1.82) is 0 Å². The first-order chi connectivity index (χ1) is 14.4. The van der Waals surface area contributed by atoms with Crippen molar-refractivity contribution in [2.75, 3.05) is 12.4 Å². The second kappa shape index (κ2) is 9.94. The van der Waals surface area contributed by atoms with Gasteiger partial charge in [0.05, 0.1) is 23.4 Å². The van der Waals surface area contributed by atoms with Gasteiger partial charge in [-0.3, -0.25) is 0 Å². The molecule has 0 heterocycles. The summed E-state index contributed by atoms with van der Waals surface area (Å²) in [7, 11) is 1.55. The van der Waals surface area contributed by atoms with Gasteiger partial charge in [-0.1, -0.05) is 46.9 Å². The first-order valence-corrected chi connectivity index (χ1v) is 10.0. The fourth-order valence-electron chi connectivity index (χ4n) is 2.75. The molecule has 0 saturated heterocycles. The van der Waals surface area contributed by atoms with Crippen LogP contribution in [0.25, 0.3) is 0 Å². The maximum Gasteiger partial charge on any atom is 0.335 e. The molecule has 0 aliphatic rings. The van der Waals surface area contributed by atoms with E-state index in [4.69, 9.17) is 49.4 Å². The van der Waals surface area contributed by atoms with Crippen molar-refractivity contribution in [2.45, 2.75) is 13.2 Å². The van der Waals surface area contributed by atoms with Crippen LogP contribution in [0.2, 0.25) is 15.1 Å². The topological polar surface area (TPSA) is 67.8 Å². The predicted molar refractivity (Wildman–Crippen MR) is 120 cm³/mol. The lowest BCUT2D eigenvalue weighted by atomic mass is 10.1. The number of benzene rings is 3. The van der Waals surface area contributed by atoms with E-state index >= 15 is 0 Å². The Morgan fingerprint density at radius 2 is 1.70 bits per heavy atom. The van der Waals surface area contributed by atoms with Gasteiger partial charge in [-0.15, -0.1) is 0 Å². The van der Waals surface area contributed by atoms with Crippen molar-refractivity contribution < 1.29 is 19.4 Å². The maximum absolute atomic E-state index is 11.1. The van der Waals surface area contributed by atoms with Gasteiger partial charge < -0.3 is 19.9 Å². The number of carboxylic acid groups (broad SMARTS) is 1. The van der Waals surface area contributed by atoms with Gasteiger partial charge in [0.25, 0.3) is 0 Å². The third-order valence-electron chi connectivity index (χ3n) is 4.36. The Kier molecular flexibility index (Phi) is 7.32. The number of rotatable bonds is 8. The second-order valence-electron chi connectivity index (χ2n) is 6.33. The molecule has 156 valence electrons. The highest BCUT2D eigenvalue weighted by Gasteiger charge is 2.11. The van der Waals surface area contributed by atoms with Crippen molar-refractivity contribution in [1.82, 2.24) is 0 Å². The first-order valence-electron chi connectivity index (χ1n) is 8.88. The lowest BCUT2D eigenvalue weighted by molar-refractivity contribution is 0.0697. The van der Waals surface area contributed by atoms with Crippen LogP contribution in [0, 0.1) is 0 Å². The molecule has 0 bridgehead atoms. The third-order valence-corrected chi connectivity index (χ3v) is 5.40. The average molecular weight is 467 g/mol. The molecule has 3 aromatic carbocycles. The molecule has 0 aromatic heterocycles. The van der Waals surface area contributed by atoms with Gasteiger partial charge in [0, 0.05) is 22.2 Å². The molecule has 3 rings (SSSR count). The summed E-state index contributed by atoms with van der Waals surface area (Å²) in [4.78, 5) is 11.1.